The molecular weight excluding hydrogens is 250 g/mol. The number of aromatic hydroxyl groups is 2. The van der Waals surface area contributed by atoms with Crippen LogP contribution in [0.5, 0.6) is 11.5 Å². The second-order valence-corrected chi connectivity index (χ2v) is 5.02. The lowest BCUT2D eigenvalue weighted by Gasteiger charge is -2.19. The first-order valence-corrected chi connectivity index (χ1v) is 6.98. The van der Waals surface area contributed by atoms with Crippen molar-refractivity contribution >= 4 is 5.69 Å². The van der Waals surface area contributed by atoms with Crippen molar-refractivity contribution in [1.29, 1.82) is 0 Å². The van der Waals surface area contributed by atoms with Gasteiger partial charge >= 0.3 is 0 Å². The van der Waals surface area contributed by atoms with Gasteiger partial charge in [-0.05, 0) is 43.2 Å². The van der Waals surface area contributed by atoms with E-state index in [-0.39, 0.29) is 17.5 Å². The van der Waals surface area contributed by atoms with Gasteiger partial charge in [-0.25, -0.2) is 0 Å². The van der Waals surface area contributed by atoms with Crippen molar-refractivity contribution < 1.29 is 10.2 Å². The number of anilines is 1. The van der Waals surface area contributed by atoms with E-state index in [0.717, 1.165) is 18.5 Å². The van der Waals surface area contributed by atoms with Crippen molar-refractivity contribution in [3.8, 4) is 11.5 Å². The van der Waals surface area contributed by atoms with Gasteiger partial charge < -0.3 is 15.5 Å². The average Bonchev–Trinajstić information content (AvgIpc) is 2.44. The Bertz CT molecular complexity index is 581. The van der Waals surface area contributed by atoms with E-state index in [0.29, 0.717) is 5.56 Å². The Morgan fingerprint density at radius 1 is 1.10 bits per heavy atom. The Labute approximate surface area is 119 Å². The Morgan fingerprint density at radius 2 is 1.85 bits per heavy atom. The largest absolute Gasteiger partial charge is 0.508 e. The molecule has 3 N–H and O–H groups in total. The van der Waals surface area contributed by atoms with E-state index in [1.165, 1.54) is 17.7 Å². The number of para-hydroxylation sites is 1. The number of hydrogen-bond acceptors (Lipinski definition) is 3. The lowest BCUT2D eigenvalue weighted by Crippen LogP contribution is -2.08. The van der Waals surface area contributed by atoms with Crippen molar-refractivity contribution in [3.63, 3.8) is 0 Å². The van der Waals surface area contributed by atoms with Gasteiger partial charge in [0.25, 0.3) is 0 Å². The highest BCUT2D eigenvalue weighted by molar-refractivity contribution is 5.54. The zero-order valence-electron chi connectivity index (χ0n) is 11.9. The summed E-state index contributed by atoms with van der Waals surface area (Å²) in [7, 11) is 0. The van der Waals surface area contributed by atoms with Gasteiger partial charge in [-0.2, -0.15) is 0 Å². The van der Waals surface area contributed by atoms with Crippen LogP contribution in [0.2, 0.25) is 0 Å². The summed E-state index contributed by atoms with van der Waals surface area (Å²) in [6.45, 7) is 4.12. The van der Waals surface area contributed by atoms with E-state index in [1.807, 2.05) is 25.1 Å². The van der Waals surface area contributed by atoms with Crippen LogP contribution < -0.4 is 5.32 Å². The highest BCUT2D eigenvalue weighted by Crippen LogP contribution is 2.31. The first-order chi connectivity index (χ1) is 9.61. The van der Waals surface area contributed by atoms with Gasteiger partial charge in [0.2, 0.25) is 0 Å². The van der Waals surface area contributed by atoms with Gasteiger partial charge in [-0.3, -0.25) is 0 Å². The molecular formula is C17H21NO2. The Hall–Kier alpha value is -2.16. The fraction of sp³-hybridized carbons (Fsp3) is 0.294. The number of aryl methyl sites for hydroxylation is 1. The first-order valence-electron chi connectivity index (χ1n) is 6.98. The minimum Gasteiger partial charge on any atom is -0.508 e. The fourth-order valence-corrected chi connectivity index (χ4v) is 2.35. The van der Waals surface area contributed by atoms with E-state index in [2.05, 4.69) is 18.3 Å². The predicted molar refractivity (Wildman–Crippen MR) is 82.2 cm³/mol. The van der Waals surface area contributed by atoms with Crippen LogP contribution in [-0.4, -0.2) is 10.2 Å². The summed E-state index contributed by atoms with van der Waals surface area (Å²) in [6.07, 6.45) is 2.10. The molecule has 0 aliphatic heterocycles. The van der Waals surface area contributed by atoms with Crippen molar-refractivity contribution in [3.05, 3.63) is 53.6 Å². The molecule has 0 saturated heterocycles. The van der Waals surface area contributed by atoms with Gasteiger partial charge in [0.05, 0.1) is 6.04 Å². The summed E-state index contributed by atoms with van der Waals surface area (Å²) in [5.41, 5.74) is 3.03. The van der Waals surface area contributed by atoms with Crippen LogP contribution in [0.1, 0.15) is 37.4 Å². The Balaban J connectivity index is 2.23. The molecule has 0 fully saturated rings. The third-order valence-corrected chi connectivity index (χ3v) is 3.39. The minimum absolute atomic E-state index is 0.0832. The van der Waals surface area contributed by atoms with Gasteiger partial charge in [0, 0.05) is 11.3 Å². The summed E-state index contributed by atoms with van der Waals surface area (Å²) >= 11 is 0. The zero-order chi connectivity index (χ0) is 14.5. The number of benzene rings is 2. The molecule has 0 saturated carbocycles. The van der Waals surface area contributed by atoms with E-state index in [4.69, 9.17) is 0 Å². The van der Waals surface area contributed by atoms with E-state index >= 15 is 0 Å². The molecule has 0 aliphatic carbocycles. The maximum absolute atomic E-state index is 9.90. The SMILES string of the molecule is CCCc1ccccc1NC(C)c1cc(O)ccc1O. The monoisotopic (exact) mass is 271 g/mol. The van der Waals surface area contributed by atoms with E-state index in [1.54, 1.807) is 6.07 Å². The lowest BCUT2D eigenvalue weighted by atomic mass is 10.0. The second-order valence-electron chi connectivity index (χ2n) is 5.02. The zero-order valence-corrected chi connectivity index (χ0v) is 11.9. The van der Waals surface area contributed by atoms with E-state index in [9.17, 15) is 10.2 Å². The standard InChI is InChI=1S/C17H21NO2/c1-3-6-13-7-4-5-8-16(13)18-12(2)15-11-14(19)9-10-17(15)20/h4-5,7-12,18-20H,3,6H2,1-2H3. The smallest absolute Gasteiger partial charge is 0.121 e. The second kappa shape index (κ2) is 6.33. The molecule has 20 heavy (non-hydrogen) atoms. The quantitative estimate of drug-likeness (QED) is 0.713. The molecule has 3 nitrogen and oxygen atoms in total. The maximum Gasteiger partial charge on any atom is 0.121 e. The molecule has 2 rings (SSSR count). The van der Waals surface area contributed by atoms with Crippen LogP contribution in [0.15, 0.2) is 42.5 Å². The van der Waals surface area contributed by atoms with Gasteiger partial charge in [0.15, 0.2) is 0 Å². The lowest BCUT2D eigenvalue weighted by molar-refractivity contribution is 0.451. The van der Waals surface area contributed by atoms with Crippen LogP contribution in [0, 0.1) is 0 Å². The Morgan fingerprint density at radius 3 is 2.60 bits per heavy atom. The average molecular weight is 271 g/mol. The normalized spacial score (nSPS) is 12.1. The van der Waals surface area contributed by atoms with Crippen LogP contribution in [0.25, 0.3) is 0 Å². The van der Waals surface area contributed by atoms with Gasteiger partial charge in [-0.1, -0.05) is 31.5 Å². The number of rotatable bonds is 5. The molecule has 3 heteroatoms. The summed E-state index contributed by atoms with van der Waals surface area (Å²) in [5.74, 6) is 0.351. The third kappa shape index (κ3) is 3.23. The molecule has 0 radical (unpaired) electrons. The molecule has 2 aromatic rings. The third-order valence-electron chi connectivity index (χ3n) is 3.39. The highest BCUT2D eigenvalue weighted by Gasteiger charge is 2.12. The summed E-state index contributed by atoms with van der Waals surface area (Å²) in [5, 5.41) is 22.9. The van der Waals surface area contributed by atoms with Crippen molar-refractivity contribution in [2.45, 2.75) is 32.7 Å². The summed E-state index contributed by atoms with van der Waals surface area (Å²) in [6, 6.07) is 12.7. The number of phenolic OH excluding ortho intramolecular Hbond substituents is 2. The molecule has 0 spiro atoms. The molecule has 1 atom stereocenters. The van der Waals surface area contributed by atoms with Gasteiger partial charge in [0.1, 0.15) is 11.5 Å². The summed E-state index contributed by atoms with van der Waals surface area (Å²) in [4.78, 5) is 0. The van der Waals surface area contributed by atoms with Crippen LogP contribution in [0.3, 0.4) is 0 Å². The minimum atomic E-state index is -0.0832. The number of nitrogens with one attached hydrogen (secondary N) is 1. The number of hydrogen-bond donors (Lipinski definition) is 3. The van der Waals surface area contributed by atoms with Gasteiger partial charge in [-0.15, -0.1) is 0 Å². The van der Waals surface area contributed by atoms with Crippen LogP contribution in [0.4, 0.5) is 5.69 Å². The molecule has 1 unspecified atom stereocenters. The molecule has 106 valence electrons. The van der Waals surface area contributed by atoms with Crippen LogP contribution in [-0.2, 0) is 6.42 Å². The van der Waals surface area contributed by atoms with Crippen LogP contribution >= 0.6 is 0 Å². The summed E-state index contributed by atoms with van der Waals surface area (Å²) < 4.78 is 0. The van der Waals surface area contributed by atoms with Crippen molar-refractivity contribution in [2.24, 2.45) is 0 Å². The Kier molecular flexibility index (Phi) is 4.51. The number of phenols is 2. The highest BCUT2D eigenvalue weighted by atomic mass is 16.3. The predicted octanol–water partition coefficient (Wildman–Crippen LogP) is 4.22. The first kappa shape index (κ1) is 14.3. The molecule has 0 aromatic heterocycles. The molecule has 0 aliphatic rings. The molecule has 0 bridgehead atoms. The molecule has 2 aromatic carbocycles. The molecule has 0 heterocycles. The maximum atomic E-state index is 9.90. The van der Waals surface area contributed by atoms with E-state index < -0.39 is 0 Å². The fourth-order valence-electron chi connectivity index (χ4n) is 2.35. The molecule has 0 amide bonds. The topological polar surface area (TPSA) is 52.5 Å². The van der Waals surface area contributed by atoms with Crippen molar-refractivity contribution in [2.75, 3.05) is 5.32 Å². The van der Waals surface area contributed by atoms with Crippen molar-refractivity contribution in [1.82, 2.24) is 0 Å².